The number of sulfonamides is 1. The molecular formula is C20H31FN3O3S+. The highest BCUT2D eigenvalue weighted by atomic mass is 32.2. The molecule has 1 aromatic rings. The highest BCUT2D eigenvalue weighted by molar-refractivity contribution is 7.89. The molecule has 8 heteroatoms. The lowest BCUT2D eigenvalue weighted by atomic mass is 9.78. The third kappa shape index (κ3) is 4.90. The van der Waals surface area contributed by atoms with Crippen molar-refractivity contribution >= 4 is 15.9 Å². The van der Waals surface area contributed by atoms with E-state index in [1.54, 1.807) is 0 Å². The molecule has 2 aliphatic rings. The van der Waals surface area contributed by atoms with E-state index in [2.05, 4.69) is 19.2 Å². The number of quaternary nitrogens is 1. The smallest absolute Gasteiger partial charge is 0.275 e. The van der Waals surface area contributed by atoms with Crippen LogP contribution in [0.5, 0.6) is 0 Å². The first-order chi connectivity index (χ1) is 13.3. The Morgan fingerprint density at radius 3 is 2.46 bits per heavy atom. The van der Waals surface area contributed by atoms with Crippen LogP contribution in [0.2, 0.25) is 0 Å². The topological polar surface area (TPSA) is 70.9 Å². The molecule has 1 saturated carbocycles. The summed E-state index contributed by atoms with van der Waals surface area (Å²) in [5, 5.41) is 3.19. The Kier molecular flexibility index (Phi) is 6.73. The lowest BCUT2D eigenvalue weighted by Crippen LogP contribution is -3.15. The van der Waals surface area contributed by atoms with Gasteiger partial charge in [0.15, 0.2) is 6.54 Å². The average molecular weight is 413 g/mol. The Labute approximate surface area is 167 Å². The minimum Gasteiger partial charge on any atom is -0.348 e. The first kappa shape index (κ1) is 21.2. The molecule has 0 spiro atoms. The molecule has 6 nitrogen and oxygen atoms in total. The van der Waals surface area contributed by atoms with E-state index in [9.17, 15) is 17.6 Å². The van der Waals surface area contributed by atoms with E-state index < -0.39 is 15.8 Å². The molecule has 1 heterocycles. The standard InChI is InChI=1S/C20H30FN3O3S/c1-15-4-3-5-19(16(15)2)22-20(25)14-23-10-12-24(13-11-23)28(26,27)18-8-6-17(21)7-9-18/h6-9,15-16,19H,3-5,10-14H2,1-2H3,(H,22,25)/p+1/t15-,16+,19+/m0/s1. The van der Waals surface area contributed by atoms with Crippen molar-refractivity contribution in [3.05, 3.63) is 30.1 Å². The quantitative estimate of drug-likeness (QED) is 0.746. The molecule has 1 amide bonds. The summed E-state index contributed by atoms with van der Waals surface area (Å²) in [6.45, 7) is 6.73. The molecule has 2 N–H and O–H groups in total. The van der Waals surface area contributed by atoms with Crippen molar-refractivity contribution in [3.63, 3.8) is 0 Å². The second-order valence-corrected chi connectivity index (χ2v) is 10.2. The summed E-state index contributed by atoms with van der Waals surface area (Å²) < 4.78 is 39.8. The second-order valence-electron chi connectivity index (χ2n) is 8.23. The van der Waals surface area contributed by atoms with E-state index >= 15 is 0 Å². The van der Waals surface area contributed by atoms with Gasteiger partial charge >= 0.3 is 0 Å². The molecule has 0 radical (unpaired) electrons. The van der Waals surface area contributed by atoms with Gasteiger partial charge in [-0.3, -0.25) is 4.79 Å². The Bertz CT molecular complexity index is 776. The molecule has 2 fully saturated rings. The van der Waals surface area contributed by atoms with Crippen molar-refractivity contribution < 1.29 is 22.5 Å². The first-order valence-electron chi connectivity index (χ1n) is 10.2. The van der Waals surface area contributed by atoms with Gasteiger partial charge in [-0.15, -0.1) is 0 Å². The van der Waals surface area contributed by atoms with Gasteiger partial charge in [0.25, 0.3) is 5.91 Å². The fourth-order valence-corrected chi connectivity index (χ4v) is 5.69. The van der Waals surface area contributed by atoms with E-state index in [1.165, 1.54) is 22.9 Å². The molecule has 28 heavy (non-hydrogen) atoms. The van der Waals surface area contributed by atoms with E-state index in [0.717, 1.165) is 29.9 Å². The molecule has 1 saturated heterocycles. The van der Waals surface area contributed by atoms with E-state index in [1.807, 2.05) is 0 Å². The predicted octanol–water partition coefficient (Wildman–Crippen LogP) is 0.656. The zero-order chi connectivity index (χ0) is 20.3. The molecule has 1 aliphatic carbocycles. The number of carbonyl (C=O) groups excluding carboxylic acids is 1. The van der Waals surface area contributed by atoms with Crippen LogP contribution >= 0.6 is 0 Å². The van der Waals surface area contributed by atoms with Crippen LogP contribution in [0.4, 0.5) is 4.39 Å². The summed E-state index contributed by atoms with van der Waals surface area (Å²) in [7, 11) is -3.61. The summed E-state index contributed by atoms with van der Waals surface area (Å²) in [4.78, 5) is 13.7. The van der Waals surface area contributed by atoms with Crippen LogP contribution in [0, 0.1) is 17.7 Å². The normalized spacial score (nSPS) is 27.5. The fourth-order valence-electron chi connectivity index (χ4n) is 4.25. The molecule has 3 rings (SSSR count). The molecule has 3 atom stereocenters. The maximum atomic E-state index is 13.1. The van der Waals surface area contributed by atoms with Gasteiger partial charge < -0.3 is 10.2 Å². The number of nitrogens with zero attached hydrogens (tertiary/aromatic N) is 1. The monoisotopic (exact) mass is 412 g/mol. The zero-order valence-corrected chi connectivity index (χ0v) is 17.5. The number of amides is 1. The number of hydrogen-bond donors (Lipinski definition) is 2. The van der Waals surface area contributed by atoms with E-state index in [0.29, 0.717) is 44.6 Å². The molecule has 0 unspecified atom stereocenters. The van der Waals surface area contributed by atoms with Gasteiger partial charge in [0.05, 0.1) is 31.1 Å². The Balaban J connectivity index is 1.50. The molecule has 1 aliphatic heterocycles. The third-order valence-corrected chi connectivity index (χ3v) is 8.26. The van der Waals surface area contributed by atoms with Crippen LogP contribution in [-0.2, 0) is 14.8 Å². The maximum absolute atomic E-state index is 13.1. The van der Waals surface area contributed by atoms with Gasteiger partial charge in [-0.05, 0) is 42.5 Å². The maximum Gasteiger partial charge on any atom is 0.275 e. The highest BCUT2D eigenvalue weighted by Gasteiger charge is 2.32. The number of benzene rings is 1. The van der Waals surface area contributed by atoms with Crippen LogP contribution in [0.15, 0.2) is 29.2 Å². The average Bonchev–Trinajstić information content (AvgIpc) is 2.66. The van der Waals surface area contributed by atoms with Gasteiger partial charge in [0.1, 0.15) is 5.82 Å². The molecular weight excluding hydrogens is 381 g/mol. The Hall–Kier alpha value is -1.51. The van der Waals surface area contributed by atoms with Crippen molar-refractivity contribution in [3.8, 4) is 0 Å². The lowest BCUT2D eigenvalue weighted by Gasteiger charge is -2.35. The third-order valence-electron chi connectivity index (χ3n) is 6.34. The SMILES string of the molecule is C[C@@H]1[C@@H](C)CCC[C@H]1NC(=O)C[NH+]1CCN(S(=O)(=O)c2ccc(F)cc2)CC1. The number of rotatable bonds is 5. The van der Waals surface area contributed by atoms with Crippen LogP contribution in [-0.4, -0.2) is 57.4 Å². The van der Waals surface area contributed by atoms with Crippen molar-refractivity contribution in [2.24, 2.45) is 11.8 Å². The van der Waals surface area contributed by atoms with Crippen molar-refractivity contribution in [1.82, 2.24) is 9.62 Å². The van der Waals surface area contributed by atoms with E-state index in [-0.39, 0.29) is 16.8 Å². The first-order valence-corrected chi connectivity index (χ1v) is 11.6. The lowest BCUT2D eigenvalue weighted by molar-refractivity contribution is -0.895. The molecule has 0 aromatic heterocycles. The summed E-state index contributed by atoms with van der Waals surface area (Å²) in [6.07, 6.45) is 3.42. The Morgan fingerprint density at radius 1 is 1.18 bits per heavy atom. The number of piperazine rings is 1. The van der Waals surface area contributed by atoms with E-state index in [4.69, 9.17) is 0 Å². The van der Waals surface area contributed by atoms with Crippen LogP contribution in [0.3, 0.4) is 0 Å². The Morgan fingerprint density at radius 2 is 1.82 bits per heavy atom. The van der Waals surface area contributed by atoms with Gasteiger partial charge in [0.2, 0.25) is 10.0 Å². The summed E-state index contributed by atoms with van der Waals surface area (Å²) in [6, 6.07) is 5.15. The van der Waals surface area contributed by atoms with Crippen LogP contribution in [0.25, 0.3) is 0 Å². The predicted molar refractivity (Wildman–Crippen MR) is 105 cm³/mol. The molecule has 0 bridgehead atoms. The second kappa shape index (κ2) is 8.88. The fraction of sp³-hybridized carbons (Fsp3) is 0.650. The minimum absolute atomic E-state index is 0.0517. The summed E-state index contributed by atoms with van der Waals surface area (Å²) in [5.41, 5.74) is 0. The zero-order valence-electron chi connectivity index (χ0n) is 16.7. The number of nitrogens with one attached hydrogen (secondary N) is 2. The highest BCUT2D eigenvalue weighted by Crippen LogP contribution is 2.29. The summed E-state index contributed by atoms with van der Waals surface area (Å²) >= 11 is 0. The summed E-state index contributed by atoms with van der Waals surface area (Å²) in [5.74, 6) is 0.716. The molecule has 156 valence electrons. The number of carbonyl (C=O) groups is 1. The van der Waals surface area contributed by atoms with Crippen molar-refractivity contribution in [1.29, 1.82) is 0 Å². The largest absolute Gasteiger partial charge is 0.348 e. The van der Waals surface area contributed by atoms with Gasteiger partial charge in [0, 0.05) is 6.04 Å². The van der Waals surface area contributed by atoms with Gasteiger partial charge in [-0.25, -0.2) is 12.8 Å². The van der Waals surface area contributed by atoms with Crippen LogP contribution < -0.4 is 10.2 Å². The van der Waals surface area contributed by atoms with Gasteiger partial charge in [-0.1, -0.05) is 26.7 Å². The van der Waals surface area contributed by atoms with Crippen molar-refractivity contribution in [2.75, 3.05) is 32.7 Å². The van der Waals surface area contributed by atoms with Gasteiger partial charge in [-0.2, -0.15) is 4.31 Å². The van der Waals surface area contributed by atoms with Crippen molar-refractivity contribution in [2.45, 2.75) is 44.0 Å². The number of halogens is 1. The van der Waals surface area contributed by atoms with Crippen LogP contribution in [0.1, 0.15) is 33.1 Å². The molecule has 1 aromatic carbocycles. The minimum atomic E-state index is -3.61. The number of hydrogen-bond acceptors (Lipinski definition) is 3.